The Morgan fingerprint density at radius 3 is 2.78 bits per heavy atom. The zero-order valence-electron chi connectivity index (χ0n) is 4.69. The monoisotopic (exact) mass is 133 g/mol. The number of rotatable bonds is 3. The molecule has 0 unspecified atom stereocenters. The molecule has 0 spiro atoms. The first-order valence-corrected chi connectivity index (χ1v) is 2.22. The summed E-state index contributed by atoms with van der Waals surface area (Å²) in [5, 5.41) is 16.6. The molecule has 0 aliphatic heterocycles. The van der Waals surface area contributed by atoms with E-state index in [0.29, 0.717) is 6.21 Å². The van der Waals surface area contributed by atoms with Crippen LogP contribution < -0.4 is 11.1 Å². The molecule has 9 heavy (non-hydrogen) atoms. The molecule has 0 aromatic heterocycles. The van der Waals surface area contributed by atoms with E-state index in [-0.39, 0.29) is 5.82 Å². The van der Waals surface area contributed by atoms with Crippen molar-refractivity contribution < 1.29 is 9.50 Å². The standard InChI is InChI=1S/C4H8FN3O/c5-3(1-6)4(7)8-2-9/h1,6,8-9H,2,7H2/b4-3-,6-1?. The molecule has 0 aliphatic rings. The topological polar surface area (TPSA) is 82.1 Å². The maximum Gasteiger partial charge on any atom is 0.180 e. The molecule has 0 heterocycles. The van der Waals surface area contributed by atoms with E-state index in [9.17, 15) is 4.39 Å². The van der Waals surface area contributed by atoms with Gasteiger partial charge in [-0.2, -0.15) is 0 Å². The molecular weight excluding hydrogens is 125 g/mol. The summed E-state index contributed by atoms with van der Waals surface area (Å²) in [5.41, 5.74) is 4.92. The predicted octanol–water partition coefficient (Wildman–Crippen LogP) is -0.727. The number of halogens is 1. The van der Waals surface area contributed by atoms with E-state index < -0.39 is 12.6 Å². The van der Waals surface area contributed by atoms with Gasteiger partial charge in [0.2, 0.25) is 0 Å². The molecule has 0 fully saturated rings. The number of allylic oxidation sites excluding steroid dienone is 1. The van der Waals surface area contributed by atoms with Crippen LogP contribution in [0.15, 0.2) is 11.6 Å². The van der Waals surface area contributed by atoms with Crippen LogP contribution >= 0.6 is 0 Å². The molecule has 0 amide bonds. The van der Waals surface area contributed by atoms with E-state index in [4.69, 9.17) is 16.2 Å². The SMILES string of the molecule is N=C/C(F)=C(\N)NCO. The minimum absolute atomic E-state index is 0.326. The number of aliphatic hydroxyl groups excluding tert-OH is 1. The second-order valence-electron chi connectivity index (χ2n) is 1.24. The summed E-state index contributed by atoms with van der Waals surface area (Å²) in [7, 11) is 0. The van der Waals surface area contributed by atoms with E-state index in [1.165, 1.54) is 0 Å². The summed E-state index contributed by atoms with van der Waals surface area (Å²) >= 11 is 0. The van der Waals surface area contributed by atoms with Crippen LogP contribution in [0.3, 0.4) is 0 Å². The molecule has 0 aliphatic carbocycles. The summed E-state index contributed by atoms with van der Waals surface area (Å²) in [5.74, 6) is -1.21. The van der Waals surface area contributed by atoms with Crippen LogP contribution in [0.4, 0.5) is 4.39 Å². The Kier molecular flexibility index (Phi) is 3.38. The zero-order valence-corrected chi connectivity index (χ0v) is 4.69. The van der Waals surface area contributed by atoms with Gasteiger partial charge in [0.1, 0.15) is 12.6 Å². The minimum Gasteiger partial charge on any atom is -0.383 e. The molecule has 4 nitrogen and oxygen atoms in total. The van der Waals surface area contributed by atoms with Gasteiger partial charge in [0.25, 0.3) is 0 Å². The molecule has 0 saturated carbocycles. The lowest BCUT2D eigenvalue weighted by Gasteiger charge is -1.99. The van der Waals surface area contributed by atoms with Crippen LogP contribution in [0.5, 0.6) is 0 Å². The van der Waals surface area contributed by atoms with Gasteiger partial charge in [-0.15, -0.1) is 0 Å². The fraction of sp³-hybridized carbons (Fsp3) is 0.250. The van der Waals surface area contributed by atoms with Crippen LogP contribution in [0.2, 0.25) is 0 Å². The Hall–Kier alpha value is -1.10. The fourth-order valence-electron chi connectivity index (χ4n) is 0.247. The number of aliphatic hydroxyl groups is 1. The number of hydrogen-bond donors (Lipinski definition) is 4. The van der Waals surface area contributed by atoms with Crippen LogP contribution in [0, 0.1) is 5.41 Å². The average Bonchev–Trinajstić information content (AvgIpc) is 1.87. The van der Waals surface area contributed by atoms with Crippen molar-refractivity contribution in [1.82, 2.24) is 5.32 Å². The van der Waals surface area contributed by atoms with Crippen LogP contribution in [0.1, 0.15) is 0 Å². The lowest BCUT2D eigenvalue weighted by atomic mass is 10.5. The number of nitrogens with one attached hydrogen (secondary N) is 2. The Labute approximate surface area is 51.7 Å². The third-order valence-electron chi connectivity index (χ3n) is 0.654. The first kappa shape index (κ1) is 7.90. The third kappa shape index (κ3) is 2.65. The summed E-state index contributed by atoms with van der Waals surface area (Å²) in [6.45, 7) is -0.437. The molecule has 5 N–H and O–H groups in total. The van der Waals surface area contributed by atoms with E-state index in [1.807, 2.05) is 0 Å². The quantitative estimate of drug-likeness (QED) is 0.302. The minimum atomic E-state index is -0.885. The molecule has 0 atom stereocenters. The number of nitrogens with two attached hydrogens (primary N) is 1. The van der Waals surface area contributed by atoms with Crippen LogP contribution in [0.25, 0.3) is 0 Å². The van der Waals surface area contributed by atoms with Crippen molar-refractivity contribution in [2.24, 2.45) is 5.73 Å². The average molecular weight is 133 g/mol. The van der Waals surface area contributed by atoms with Gasteiger partial charge in [0, 0.05) is 0 Å². The molecule has 5 heteroatoms. The Bertz CT molecular complexity index is 134. The van der Waals surface area contributed by atoms with Crippen molar-refractivity contribution in [3.8, 4) is 0 Å². The highest BCUT2D eigenvalue weighted by Gasteiger charge is 1.94. The highest BCUT2D eigenvalue weighted by molar-refractivity contribution is 5.73. The highest BCUT2D eigenvalue weighted by Crippen LogP contribution is 1.91. The normalized spacial score (nSPS) is 12.2. The van der Waals surface area contributed by atoms with E-state index >= 15 is 0 Å². The van der Waals surface area contributed by atoms with Gasteiger partial charge >= 0.3 is 0 Å². The molecule has 52 valence electrons. The Balaban J connectivity index is 3.93. The summed E-state index contributed by atoms with van der Waals surface area (Å²) in [4.78, 5) is 0. The van der Waals surface area contributed by atoms with Crippen molar-refractivity contribution in [3.63, 3.8) is 0 Å². The summed E-state index contributed by atoms with van der Waals surface area (Å²) < 4.78 is 12.1. The third-order valence-corrected chi connectivity index (χ3v) is 0.654. The molecule has 0 radical (unpaired) electrons. The van der Waals surface area contributed by atoms with Gasteiger partial charge in [0.05, 0.1) is 6.21 Å². The second kappa shape index (κ2) is 3.85. The largest absolute Gasteiger partial charge is 0.383 e. The van der Waals surface area contributed by atoms with Crippen molar-refractivity contribution in [2.75, 3.05) is 6.73 Å². The predicted molar refractivity (Wildman–Crippen MR) is 31.3 cm³/mol. The van der Waals surface area contributed by atoms with Gasteiger partial charge < -0.3 is 21.6 Å². The molecule has 0 rings (SSSR count). The van der Waals surface area contributed by atoms with E-state index in [0.717, 1.165) is 0 Å². The Morgan fingerprint density at radius 2 is 2.44 bits per heavy atom. The zero-order chi connectivity index (χ0) is 7.28. The molecule has 0 aromatic rings. The Morgan fingerprint density at radius 1 is 1.89 bits per heavy atom. The van der Waals surface area contributed by atoms with Gasteiger partial charge in [-0.3, -0.25) is 0 Å². The van der Waals surface area contributed by atoms with E-state index in [2.05, 4.69) is 5.32 Å². The highest BCUT2D eigenvalue weighted by atomic mass is 19.1. The van der Waals surface area contributed by atoms with Gasteiger partial charge in [-0.1, -0.05) is 0 Å². The van der Waals surface area contributed by atoms with Crippen LogP contribution in [-0.2, 0) is 0 Å². The fourth-order valence-corrected chi connectivity index (χ4v) is 0.247. The first-order chi connectivity index (χ1) is 4.22. The maximum absolute atomic E-state index is 12.1. The van der Waals surface area contributed by atoms with Crippen molar-refractivity contribution >= 4 is 6.21 Å². The van der Waals surface area contributed by atoms with Gasteiger partial charge in [0.15, 0.2) is 5.83 Å². The van der Waals surface area contributed by atoms with Crippen molar-refractivity contribution in [3.05, 3.63) is 11.6 Å². The lowest BCUT2D eigenvalue weighted by molar-refractivity contribution is 0.272. The number of hydrogen-bond acceptors (Lipinski definition) is 4. The maximum atomic E-state index is 12.1. The van der Waals surface area contributed by atoms with Crippen molar-refractivity contribution in [2.45, 2.75) is 0 Å². The smallest absolute Gasteiger partial charge is 0.180 e. The van der Waals surface area contributed by atoms with E-state index in [1.54, 1.807) is 0 Å². The summed E-state index contributed by atoms with van der Waals surface area (Å²) in [6.07, 6.45) is 0.456. The van der Waals surface area contributed by atoms with Crippen LogP contribution in [-0.4, -0.2) is 18.1 Å². The van der Waals surface area contributed by atoms with Gasteiger partial charge in [-0.05, 0) is 0 Å². The molecule has 0 aromatic carbocycles. The summed E-state index contributed by atoms with van der Waals surface area (Å²) in [6, 6.07) is 0. The molecule has 0 bridgehead atoms. The first-order valence-electron chi connectivity index (χ1n) is 2.22. The molecular formula is C4H8FN3O. The van der Waals surface area contributed by atoms with Crippen molar-refractivity contribution in [1.29, 1.82) is 5.41 Å². The second-order valence-corrected chi connectivity index (χ2v) is 1.24. The lowest BCUT2D eigenvalue weighted by Crippen LogP contribution is -2.22. The molecule has 0 saturated heterocycles. The van der Waals surface area contributed by atoms with Gasteiger partial charge in [-0.25, -0.2) is 4.39 Å².